The van der Waals surface area contributed by atoms with Gasteiger partial charge < -0.3 is 5.11 Å². The number of hydrogen-bond acceptors (Lipinski definition) is 2. The van der Waals surface area contributed by atoms with E-state index in [-0.39, 0.29) is 11.8 Å². The van der Waals surface area contributed by atoms with Crippen LogP contribution in [0.4, 0.5) is 0 Å². The summed E-state index contributed by atoms with van der Waals surface area (Å²) in [4.78, 5) is 10.4. The Morgan fingerprint density at radius 1 is 1.70 bits per heavy atom. The predicted molar refractivity (Wildman–Crippen MR) is 34.1 cm³/mol. The summed E-state index contributed by atoms with van der Waals surface area (Å²) in [5, 5.41) is 16.8. The topological polar surface area (TPSA) is 61.1 Å². The van der Waals surface area contributed by atoms with Gasteiger partial charge >= 0.3 is 5.97 Å². The molecule has 0 heterocycles. The molecule has 0 amide bonds. The minimum absolute atomic E-state index is 0.127. The second kappa shape index (κ2) is 2.70. The molecular weight excluding hydrogens is 130 g/mol. The fraction of sp³-hybridized carbons (Fsp3) is 0.714. The van der Waals surface area contributed by atoms with Crippen LogP contribution < -0.4 is 0 Å². The van der Waals surface area contributed by atoms with Crippen molar-refractivity contribution >= 4 is 5.97 Å². The molecule has 1 N–H and O–H groups in total. The Kier molecular flexibility index (Phi) is 1.91. The Hall–Kier alpha value is -1.04. The summed E-state index contributed by atoms with van der Waals surface area (Å²) in [6.07, 6.45) is 2.06. The molecule has 2 atom stereocenters. The molecule has 0 radical (unpaired) electrons. The van der Waals surface area contributed by atoms with Crippen LogP contribution in [0.25, 0.3) is 0 Å². The van der Waals surface area contributed by atoms with Gasteiger partial charge in [0.2, 0.25) is 0 Å². The van der Waals surface area contributed by atoms with E-state index in [1.54, 1.807) is 0 Å². The van der Waals surface area contributed by atoms with Crippen molar-refractivity contribution in [1.82, 2.24) is 0 Å². The molecule has 0 aromatic carbocycles. The zero-order chi connectivity index (χ0) is 7.56. The lowest BCUT2D eigenvalue weighted by Crippen LogP contribution is -2.32. The van der Waals surface area contributed by atoms with Crippen LogP contribution in [0, 0.1) is 23.2 Å². The third-order valence-corrected chi connectivity index (χ3v) is 2.09. The minimum Gasteiger partial charge on any atom is -0.481 e. The molecule has 54 valence electrons. The summed E-state index contributed by atoms with van der Waals surface area (Å²) in [5.74, 6) is -0.853. The van der Waals surface area contributed by atoms with Gasteiger partial charge in [0.15, 0.2) is 0 Å². The van der Waals surface area contributed by atoms with Crippen LogP contribution in [0.1, 0.15) is 19.3 Å². The molecule has 0 bridgehead atoms. The van der Waals surface area contributed by atoms with Crippen molar-refractivity contribution in [3.8, 4) is 6.07 Å². The van der Waals surface area contributed by atoms with Gasteiger partial charge in [0.1, 0.15) is 0 Å². The van der Waals surface area contributed by atoms with Gasteiger partial charge in [0.25, 0.3) is 0 Å². The van der Waals surface area contributed by atoms with Gasteiger partial charge in [0, 0.05) is 6.42 Å². The van der Waals surface area contributed by atoms with E-state index in [2.05, 4.69) is 0 Å². The fourth-order valence-corrected chi connectivity index (χ4v) is 1.26. The third kappa shape index (κ3) is 1.10. The van der Waals surface area contributed by atoms with Gasteiger partial charge in [-0.15, -0.1) is 0 Å². The van der Waals surface area contributed by atoms with E-state index < -0.39 is 5.97 Å². The van der Waals surface area contributed by atoms with Gasteiger partial charge in [-0.3, -0.25) is 4.79 Å². The lowest BCUT2D eigenvalue weighted by atomic mass is 9.72. The number of nitrogens with zero attached hydrogens (tertiary/aromatic N) is 1. The molecule has 3 heteroatoms. The van der Waals surface area contributed by atoms with E-state index in [0.29, 0.717) is 6.42 Å². The first-order chi connectivity index (χ1) is 4.75. The molecule has 1 fully saturated rings. The van der Waals surface area contributed by atoms with Crippen molar-refractivity contribution in [3.05, 3.63) is 0 Å². The Balaban J connectivity index is 2.37. The predicted octanol–water partition coefficient (Wildman–Crippen LogP) is 1.01. The van der Waals surface area contributed by atoms with Crippen LogP contribution in [-0.4, -0.2) is 11.1 Å². The molecule has 0 spiro atoms. The van der Waals surface area contributed by atoms with E-state index in [1.807, 2.05) is 6.07 Å². The quantitative estimate of drug-likeness (QED) is 0.621. The molecule has 1 aliphatic carbocycles. The number of rotatable bonds is 2. The van der Waals surface area contributed by atoms with E-state index in [0.717, 1.165) is 12.8 Å². The Bertz CT molecular complexity index is 183. The molecule has 1 aliphatic rings. The molecular formula is C7H9NO2. The largest absolute Gasteiger partial charge is 0.481 e. The summed E-state index contributed by atoms with van der Waals surface area (Å²) in [7, 11) is 0. The number of aliphatic carboxylic acids is 1. The Morgan fingerprint density at radius 3 is 2.70 bits per heavy atom. The average Bonchev–Trinajstić information content (AvgIpc) is 1.78. The highest BCUT2D eigenvalue weighted by molar-refractivity contribution is 5.71. The van der Waals surface area contributed by atoms with Gasteiger partial charge in [-0.25, -0.2) is 0 Å². The van der Waals surface area contributed by atoms with E-state index in [4.69, 9.17) is 10.4 Å². The first-order valence-electron chi connectivity index (χ1n) is 3.35. The van der Waals surface area contributed by atoms with Crippen molar-refractivity contribution in [2.75, 3.05) is 0 Å². The third-order valence-electron chi connectivity index (χ3n) is 2.09. The van der Waals surface area contributed by atoms with Crippen LogP contribution in [-0.2, 0) is 4.79 Å². The standard InChI is InChI=1S/C7H9NO2/c8-4-3-5-1-2-6(5)7(9)10/h5-6H,1-3H2,(H,9,10)/t5-,6+/m0/s1. The fourth-order valence-electron chi connectivity index (χ4n) is 1.26. The first kappa shape index (κ1) is 7.07. The normalized spacial score (nSPS) is 30.3. The van der Waals surface area contributed by atoms with Gasteiger partial charge in [-0.05, 0) is 18.8 Å². The molecule has 0 aromatic rings. The molecule has 10 heavy (non-hydrogen) atoms. The highest BCUT2D eigenvalue weighted by Crippen LogP contribution is 2.36. The van der Waals surface area contributed by atoms with Crippen LogP contribution in [0.2, 0.25) is 0 Å². The van der Waals surface area contributed by atoms with Crippen LogP contribution in [0.15, 0.2) is 0 Å². The number of carbonyl (C=O) groups is 1. The lowest BCUT2D eigenvalue weighted by Gasteiger charge is -2.31. The number of nitriles is 1. The number of carboxylic acid groups (broad SMARTS) is 1. The lowest BCUT2D eigenvalue weighted by molar-refractivity contribution is -0.147. The monoisotopic (exact) mass is 139 g/mol. The van der Waals surface area contributed by atoms with Gasteiger partial charge in [-0.2, -0.15) is 5.26 Å². The Labute approximate surface area is 59.3 Å². The molecule has 1 rings (SSSR count). The smallest absolute Gasteiger partial charge is 0.306 e. The number of carboxylic acids is 1. The van der Waals surface area contributed by atoms with Gasteiger partial charge in [-0.1, -0.05) is 0 Å². The van der Waals surface area contributed by atoms with Crippen molar-refractivity contribution in [1.29, 1.82) is 5.26 Å². The molecule has 0 aromatic heterocycles. The van der Waals surface area contributed by atoms with E-state index >= 15 is 0 Å². The average molecular weight is 139 g/mol. The Morgan fingerprint density at radius 2 is 2.40 bits per heavy atom. The molecule has 1 saturated carbocycles. The summed E-state index contributed by atoms with van der Waals surface area (Å²) >= 11 is 0. The summed E-state index contributed by atoms with van der Waals surface area (Å²) in [5.41, 5.74) is 0. The summed E-state index contributed by atoms with van der Waals surface area (Å²) in [6, 6.07) is 1.99. The SMILES string of the molecule is N#CC[C@@H]1CC[C@H]1C(=O)O. The van der Waals surface area contributed by atoms with Crippen LogP contribution in [0.3, 0.4) is 0 Å². The van der Waals surface area contributed by atoms with Gasteiger partial charge in [0.05, 0.1) is 12.0 Å². The zero-order valence-electron chi connectivity index (χ0n) is 5.58. The molecule has 3 nitrogen and oxygen atoms in total. The van der Waals surface area contributed by atoms with Crippen molar-refractivity contribution < 1.29 is 9.90 Å². The highest BCUT2D eigenvalue weighted by Gasteiger charge is 2.35. The van der Waals surface area contributed by atoms with Crippen molar-refractivity contribution in [2.45, 2.75) is 19.3 Å². The minimum atomic E-state index is -0.744. The molecule has 0 unspecified atom stereocenters. The molecule has 0 aliphatic heterocycles. The van der Waals surface area contributed by atoms with Crippen LogP contribution in [0.5, 0.6) is 0 Å². The van der Waals surface area contributed by atoms with Crippen LogP contribution >= 0.6 is 0 Å². The second-order valence-corrected chi connectivity index (χ2v) is 2.64. The maximum Gasteiger partial charge on any atom is 0.306 e. The summed E-state index contributed by atoms with van der Waals surface area (Å²) < 4.78 is 0. The van der Waals surface area contributed by atoms with Crippen molar-refractivity contribution in [3.63, 3.8) is 0 Å². The second-order valence-electron chi connectivity index (χ2n) is 2.64. The van der Waals surface area contributed by atoms with Crippen molar-refractivity contribution in [2.24, 2.45) is 11.8 Å². The highest BCUT2D eigenvalue weighted by atomic mass is 16.4. The van der Waals surface area contributed by atoms with E-state index in [1.165, 1.54) is 0 Å². The maximum atomic E-state index is 10.4. The maximum absolute atomic E-state index is 10.4. The molecule has 0 saturated heterocycles. The zero-order valence-corrected chi connectivity index (χ0v) is 5.58. The number of hydrogen-bond donors (Lipinski definition) is 1. The first-order valence-corrected chi connectivity index (χ1v) is 3.35. The summed E-state index contributed by atoms with van der Waals surface area (Å²) in [6.45, 7) is 0. The van der Waals surface area contributed by atoms with E-state index in [9.17, 15) is 4.79 Å².